The molecule has 0 atom stereocenters. The van der Waals surface area contributed by atoms with E-state index in [-0.39, 0.29) is 16.7 Å². The maximum atomic E-state index is 12.8. The topological polar surface area (TPSA) is 88.0 Å². The van der Waals surface area contributed by atoms with Crippen LogP contribution in [0.2, 0.25) is 10.0 Å². The van der Waals surface area contributed by atoms with Crippen LogP contribution in [0.25, 0.3) is 10.1 Å². The number of anilines is 1. The number of nitro groups is 1. The molecule has 0 spiro atoms. The molecule has 1 aliphatic rings. The summed E-state index contributed by atoms with van der Waals surface area (Å²) in [6.07, 6.45) is 0. The van der Waals surface area contributed by atoms with Crippen LogP contribution in [0.1, 0.15) is 9.67 Å². The first-order chi connectivity index (χ1) is 15.8. The van der Waals surface area contributed by atoms with Gasteiger partial charge < -0.3 is 14.5 Å². The number of nitrogens with zero attached hydrogens (tertiary/aromatic N) is 3. The number of methoxy groups -OCH3 is 1. The van der Waals surface area contributed by atoms with Gasteiger partial charge in [0.25, 0.3) is 11.6 Å². The van der Waals surface area contributed by atoms with Crippen molar-refractivity contribution in [3.8, 4) is 5.75 Å². The number of hydrogen-bond donors (Lipinski definition) is 1. The molecular weight excluding hydrogens is 507 g/mol. The third-order valence-electron chi connectivity index (χ3n) is 5.31. The summed E-state index contributed by atoms with van der Waals surface area (Å²) >= 11 is 19.1. The number of ether oxygens (including phenoxy) is 1. The third-order valence-corrected chi connectivity index (χ3v) is 7.56. The molecule has 33 heavy (non-hydrogen) atoms. The van der Waals surface area contributed by atoms with Crippen molar-refractivity contribution in [1.82, 2.24) is 10.2 Å². The Labute approximate surface area is 208 Å². The van der Waals surface area contributed by atoms with Gasteiger partial charge in [0.05, 0.1) is 23.1 Å². The van der Waals surface area contributed by atoms with Crippen molar-refractivity contribution in [1.29, 1.82) is 0 Å². The Balaban J connectivity index is 1.42. The molecule has 4 rings (SSSR count). The lowest BCUT2D eigenvalue weighted by Crippen LogP contribution is -2.52. The number of nitrogens with one attached hydrogen (secondary N) is 1. The molecule has 1 amide bonds. The van der Waals surface area contributed by atoms with Crippen molar-refractivity contribution in [3.05, 3.63) is 61.4 Å². The van der Waals surface area contributed by atoms with Crippen LogP contribution in [-0.4, -0.2) is 54.1 Å². The van der Waals surface area contributed by atoms with Crippen LogP contribution in [0, 0.1) is 10.1 Å². The molecule has 0 radical (unpaired) electrons. The molecule has 2 aromatic carbocycles. The molecule has 1 aromatic heterocycles. The first-order valence-electron chi connectivity index (χ1n) is 9.83. The van der Waals surface area contributed by atoms with Gasteiger partial charge in [0.15, 0.2) is 5.11 Å². The summed E-state index contributed by atoms with van der Waals surface area (Å²) in [4.78, 5) is 28.0. The molecule has 0 saturated carbocycles. The molecule has 0 bridgehead atoms. The molecule has 3 aromatic rings. The number of thiocarbonyl (C=S) groups is 1. The Bertz CT molecular complexity index is 1260. The fourth-order valence-corrected chi connectivity index (χ4v) is 5.58. The molecular formula is C21H18Cl2N4O4S2. The van der Waals surface area contributed by atoms with Gasteiger partial charge in [0.1, 0.15) is 16.3 Å². The highest BCUT2D eigenvalue weighted by molar-refractivity contribution is 7.80. The van der Waals surface area contributed by atoms with Crippen LogP contribution < -0.4 is 15.0 Å². The average Bonchev–Trinajstić information content (AvgIpc) is 3.14. The summed E-state index contributed by atoms with van der Waals surface area (Å²) in [6, 6.07) is 10.1. The molecule has 1 saturated heterocycles. The van der Waals surface area contributed by atoms with E-state index in [4.69, 9.17) is 40.2 Å². The van der Waals surface area contributed by atoms with Gasteiger partial charge in [-0.05, 0) is 36.5 Å². The fourth-order valence-electron chi connectivity index (χ4n) is 3.61. The first kappa shape index (κ1) is 23.5. The average molecular weight is 525 g/mol. The number of rotatable bonds is 4. The largest absolute Gasteiger partial charge is 0.496 e. The maximum absolute atomic E-state index is 12.8. The molecule has 12 heteroatoms. The smallest absolute Gasteiger partial charge is 0.296 e. The van der Waals surface area contributed by atoms with E-state index in [0.29, 0.717) is 52.5 Å². The van der Waals surface area contributed by atoms with Gasteiger partial charge in [-0.2, -0.15) is 0 Å². The quantitative estimate of drug-likeness (QED) is 0.293. The minimum absolute atomic E-state index is 0.0156. The van der Waals surface area contributed by atoms with Crippen LogP contribution >= 0.6 is 46.8 Å². The number of hydrogen-bond acceptors (Lipinski definition) is 7. The zero-order valence-corrected chi connectivity index (χ0v) is 20.5. The van der Waals surface area contributed by atoms with Gasteiger partial charge in [0.2, 0.25) is 0 Å². The molecule has 2 heterocycles. The number of halogens is 2. The third kappa shape index (κ3) is 4.84. The Kier molecular flexibility index (Phi) is 6.89. The summed E-state index contributed by atoms with van der Waals surface area (Å²) in [5.41, 5.74) is 0.504. The van der Waals surface area contributed by atoms with Crippen LogP contribution in [0.5, 0.6) is 5.75 Å². The van der Waals surface area contributed by atoms with E-state index in [1.807, 2.05) is 9.80 Å². The van der Waals surface area contributed by atoms with Gasteiger partial charge in [-0.3, -0.25) is 20.2 Å². The lowest BCUT2D eigenvalue weighted by molar-refractivity contribution is -0.384. The van der Waals surface area contributed by atoms with Gasteiger partial charge in [-0.25, -0.2) is 0 Å². The highest BCUT2D eigenvalue weighted by Gasteiger charge is 2.26. The van der Waals surface area contributed by atoms with E-state index in [0.717, 1.165) is 10.1 Å². The van der Waals surface area contributed by atoms with Crippen molar-refractivity contribution in [3.63, 3.8) is 0 Å². The number of thiophene rings is 1. The Morgan fingerprint density at radius 3 is 2.58 bits per heavy atom. The first-order valence-corrected chi connectivity index (χ1v) is 11.8. The molecule has 0 aliphatic carbocycles. The molecule has 8 nitrogen and oxygen atoms in total. The lowest BCUT2D eigenvalue weighted by atomic mass is 10.2. The second-order valence-corrected chi connectivity index (χ2v) is 9.48. The minimum Gasteiger partial charge on any atom is -0.496 e. The second kappa shape index (κ2) is 9.68. The number of carbonyl (C=O) groups excluding carboxylic acids is 1. The van der Waals surface area contributed by atoms with E-state index in [9.17, 15) is 14.9 Å². The monoisotopic (exact) mass is 524 g/mol. The number of piperazine rings is 1. The Hall–Kier alpha value is -2.66. The second-order valence-electron chi connectivity index (χ2n) is 7.23. The van der Waals surface area contributed by atoms with Crippen molar-refractivity contribution in [2.75, 3.05) is 38.2 Å². The predicted octanol–water partition coefficient (Wildman–Crippen LogP) is 4.96. The number of benzene rings is 2. The van der Waals surface area contributed by atoms with E-state index >= 15 is 0 Å². The zero-order valence-electron chi connectivity index (χ0n) is 17.3. The fraction of sp³-hybridized carbons (Fsp3) is 0.238. The maximum Gasteiger partial charge on any atom is 0.296 e. The van der Waals surface area contributed by atoms with Crippen LogP contribution in [0.4, 0.5) is 11.4 Å². The van der Waals surface area contributed by atoms with Crippen molar-refractivity contribution in [2.45, 2.75) is 0 Å². The minimum atomic E-state index is -0.420. The molecule has 0 unspecified atom stereocenters. The van der Waals surface area contributed by atoms with E-state index in [1.54, 1.807) is 30.3 Å². The number of nitro benzene ring substituents is 1. The molecule has 172 valence electrons. The predicted molar refractivity (Wildman–Crippen MR) is 135 cm³/mol. The van der Waals surface area contributed by atoms with Gasteiger partial charge in [-0.15, -0.1) is 11.3 Å². The highest BCUT2D eigenvalue weighted by Crippen LogP contribution is 2.37. The highest BCUT2D eigenvalue weighted by atomic mass is 35.5. The van der Waals surface area contributed by atoms with Crippen molar-refractivity contribution in [2.24, 2.45) is 0 Å². The molecule has 1 aliphatic heterocycles. The number of fused-ring (bicyclic) bond motifs is 1. The van der Waals surface area contributed by atoms with Crippen molar-refractivity contribution >= 4 is 79.2 Å². The molecule has 1 fully saturated rings. The summed E-state index contributed by atoms with van der Waals surface area (Å²) in [6.45, 7) is 2.01. The van der Waals surface area contributed by atoms with Gasteiger partial charge in [-0.1, -0.05) is 29.3 Å². The lowest BCUT2D eigenvalue weighted by Gasteiger charge is -2.36. The molecule has 1 N–H and O–H groups in total. The summed E-state index contributed by atoms with van der Waals surface area (Å²) < 4.78 is 5.92. The van der Waals surface area contributed by atoms with Crippen LogP contribution in [0.15, 0.2) is 36.4 Å². The van der Waals surface area contributed by atoms with Gasteiger partial charge >= 0.3 is 0 Å². The van der Waals surface area contributed by atoms with Gasteiger partial charge in [0, 0.05) is 41.3 Å². The SMILES string of the molecule is COc1ccc(N2CCN(C(=S)NC(=O)c3sc4cc(Cl)ccc4c3Cl)CC2)c([N+](=O)[O-])c1. The van der Waals surface area contributed by atoms with E-state index in [2.05, 4.69) is 5.32 Å². The number of carbonyl (C=O) groups is 1. The Morgan fingerprint density at radius 1 is 1.18 bits per heavy atom. The summed E-state index contributed by atoms with van der Waals surface area (Å²) in [5.74, 6) is 0.0469. The van der Waals surface area contributed by atoms with Crippen molar-refractivity contribution < 1.29 is 14.5 Å². The van der Waals surface area contributed by atoms with E-state index in [1.165, 1.54) is 24.5 Å². The standard InChI is InChI=1S/C21H18Cl2N4O4S2/c1-31-13-3-5-15(16(11-13)27(29)30)25-6-8-26(9-7-25)21(32)24-20(28)19-18(23)14-4-2-12(22)10-17(14)33-19/h2-5,10-11H,6-9H2,1H3,(H,24,28,32). The van der Waals surface area contributed by atoms with Crippen LogP contribution in [0.3, 0.4) is 0 Å². The summed E-state index contributed by atoms with van der Waals surface area (Å²) in [7, 11) is 1.47. The van der Waals surface area contributed by atoms with Crippen LogP contribution in [-0.2, 0) is 0 Å². The number of amides is 1. The zero-order chi connectivity index (χ0) is 23.7. The summed E-state index contributed by atoms with van der Waals surface area (Å²) in [5, 5.41) is 16.2. The normalized spacial score (nSPS) is 13.8. The van der Waals surface area contributed by atoms with E-state index < -0.39 is 4.92 Å². The Morgan fingerprint density at radius 2 is 1.91 bits per heavy atom.